The maximum Gasteiger partial charge on any atom is 0.328 e. The van der Waals surface area contributed by atoms with Crippen molar-refractivity contribution >= 4 is 11.5 Å². The third-order valence-corrected chi connectivity index (χ3v) is 3.52. The molecule has 4 nitrogen and oxygen atoms in total. The number of ether oxygens (including phenoxy) is 2. The third-order valence-electron chi connectivity index (χ3n) is 3.52. The van der Waals surface area contributed by atoms with Gasteiger partial charge in [0.2, 0.25) is 0 Å². The van der Waals surface area contributed by atoms with Gasteiger partial charge in [0.1, 0.15) is 11.5 Å². The lowest BCUT2D eigenvalue weighted by atomic mass is 9.90. The van der Waals surface area contributed by atoms with E-state index in [1.54, 1.807) is 20.1 Å². The Morgan fingerprint density at radius 3 is 2.78 bits per heavy atom. The molecular formula is C19H22O4. The Labute approximate surface area is 136 Å². The van der Waals surface area contributed by atoms with Crippen LogP contribution < -0.4 is 9.47 Å². The fraction of sp³-hybridized carbons (Fsp3) is 0.316. The van der Waals surface area contributed by atoms with Gasteiger partial charge in [-0.15, -0.1) is 0 Å². The first-order chi connectivity index (χ1) is 10.8. The van der Waals surface area contributed by atoms with Crippen molar-refractivity contribution in [3.8, 4) is 11.5 Å². The van der Waals surface area contributed by atoms with Crippen LogP contribution in [-0.2, 0) is 4.79 Å². The highest BCUT2D eigenvalue weighted by molar-refractivity contribution is 5.83. The number of allylic oxidation sites excluding steroid dienone is 4. The number of carbonyl (C=O) groups is 1. The monoisotopic (exact) mass is 314 g/mol. The van der Waals surface area contributed by atoms with E-state index in [1.807, 2.05) is 24.3 Å². The van der Waals surface area contributed by atoms with Gasteiger partial charge in [0.25, 0.3) is 0 Å². The van der Waals surface area contributed by atoms with Gasteiger partial charge < -0.3 is 14.6 Å². The van der Waals surface area contributed by atoms with Crippen LogP contribution in [0.2, 0.25) is 0 Å². The summed E-state index contributed by atoms with van der Waals surface area (Å²) in [6, 6.07) is 5.70. The molecule has 0 aromatic heterocycles. The number of aliphatic carboxylic acids is 1. The predicted molar refractivity (Wildman–Crippen MR) is 90.8 cm³/mol. The second kappa shape index (κ2) is 6.73. The van der Waals surface area contributed by atoms with E-state index in [0.29, 0.717) is 12.2 Å². The van der Waals surface area contributed by atoms with Crippen molar-refractivity contribution in [2.75, 3.05) is 13.7 Å². The van der Waals surface area contributed by atoms with Crippen LogP contribution in [0, 0.1) is 5.41 Å². The number of methoxy groups -OCH3 is 1. The van der Waals surface area contributed by atoms with Crippen molar-refractivity contribution in [3.05, 3.63) is 53.6 Å². The largest absolute Gasteiger partial charge is 0.497 e. The minimum absolute atomic E-state index is 0.129. The van der Waals surface area contributed by atoms with Crippen molar-refractivity contribution in [2.45, 2.75) is 20.8 Å². The molecule has 0 amide bonds. The lowest BCUT2D eigenvalue weighted by Crippen LogP contribution is -2.17. The van der Waals surface area contributed by atoms with E-state index < -0.39 is 5.97 Å². The van der Waals surface area contributed by atoms with Crippen LogP contribution in [0.5, 0.6) is 11.5 Å². The Balaban J connectivity index is 2.48. The molecule has 1 aliphatic rings. The summed E-state index contributed by atoms with van der Waals surface area (Å²) in [4.78, 5) is 10.7. The number of rotatable bonds is 4. The van der Waals surface area contributed by atoms with Crippen molar-refractivity contribution in [2.24, 2.45) is 5.41 Å². The second-order valence-electron chi connectivity index (χ2n) is 6.30. The molecule has 1 aromatic carbocycles. The zero-order valence-corrected chi connectivity index (χ0v) is 13.9. The van der Waals surface area contributed by atoms with Gasteiger partial charge in [-0.2, -0.15) is 0 Å². The first kappa shape index (κ1) is 16.9. The van der Waals surface area contributed by atoms with E-state index in [-0.39, 0.29) is 5.41 Å². The molecule has 0 bridgehead atoms. The molecular weight excluding hydrogens is 292 g/mol. The topological polar surface area (TPSA) is 55.8 Å². The second-order valence-corrected chi connectivity index (χ2v) is 6.30. The Morgan fingerprint density at radius 2 is 2.13 bits per heavy atom. The average Bonchev–Trinajstić information content (AvgIpc) is 2.60. The van der Waals surface area contributed by atoms with E-state index in [9.17, 15) is 4.79 Å². The molecule has 1 aromatic rings. The van der Waals surface area contributed by atoms with Crippen LogP contribution in [-0.4, -0.2) is 24.8 Å². The van der Waals surface area contributed by atoms with E-state index in [4.69, 9.17) is 14.6 Å². The summed E-state index contributed by atoms with van der Waals surface area (Å²) in [5.41, 5.74) is 2.47. The van der Waals surface area contributed by atoms with Crippen LogP contribution in [0.4, 0.5) is 0 Å². The van der Waals surface area contributed by atoms with Crippen LogP contribution in [0.25, 0.3) is 5.57 Å². The summed E-state index contributed by atoms with van der Waals surface area (Å²) in [6.07, 6.45) is 7.04. The highest BCUT2D eigenvalue weighted by Crippen LogP contribution is 2.37. The maximum atomic E-state index is 10.7. The fourth-order valence-electron chi connectivity index (χ4n) is 2.39. The molecule has 23 heavy (non-hydrogen) atoms. The van der Waals surface area contributed by atoms with E-state index >= 15 is 0 Å². The normalized spacial score (nSPS) is 17.0. The number of hydrogen-bond acceptors (Lipinski definition) is 3. The molecule has 0 unspecified atom stereocenters. The molecule has 0 spiro atoms. The molecule has 1 heterocycles. The molecule has 1 N–H and O–H groups in total. The molecule has 0 radical (unpaired) electrons. The minimum Gasteiger partial charge on any atom is -0.497 e. The first-order valence-corrected chi connectivity index (χ1v) is 7.44. The number of carboxylic acid groups (broad SMARTS) is 1. The van der Waals surface area contributed by atoms with Crippen LogP contribution >= 0.6 is 0 Å². The van der Waals surface area contributed by atoms with Crippen molar-refractivity contribution < 1.29 is 19.4 Å². The maximum absolute atomic E-state index is 10.7. The Kier molecular flexibility index (Phi) is 4.94. The molecule has 4 heteroatoms. The summed E-state index contributed by atoms with van der Waals surface area (Å²) in [5, 5.41) is 8.81. The molecule has 122 valence electrons. The average molecular weight is 314 g/mol. The van der Waals surface area contributed by atoms with Crippen molar-refractivity contribution in [1.82, 2.24) is 0 Å². The number of fused-ring (bicyclic) bond motifs is 1. The molecule has 0 atom stereocenters. The summed E-state index contributed by atoms with van der Waals surface area (Å²) < 4.78 is 11.2. The molecule has 0 saturated carbocycles. The zero-order chi connectivity index (χ0) is 17.0. The summed E-state index contributed by atoms with van der Waals surface area (Å²) in [6.45, 7) is 6.54. The van der Waals surface area contributed by atoms with Gasteiger partial charge in [-0.05, 0) is 36.3 Å². The Bertz CT molecular complexity index is 693. The van der Waals surface area contributed by atoms with E-state index in [0.717, 1.165) is 22.6 Å². The Hall–Kier alpha value is -2.49. The van der Waals surface area contributed by atoms with Gasteiger partial charge in [0.15, 0.2) is 0 Å². The van der Waals surface area contributed by atoms with Crippen LogP contribution in [0.1, 0.15) is 26.3 Å². The van der Waals surface area contributed by atoms with E-state index in [2.05, 4.69) is 19.9 Å². The fourth-order valence-corrected chi connectivity index (χ4v) is 2.39. The van der Waals surface area contributed by atoms with Crippen LogP contribution in [0.15, 0.2) is 48.1 Å². The van der Waals surface area contributed by atoms with Gasteiger partial charge in [-0.3, -0.25) is 0 Å². The van der Waals surface area contributed by atoms with Gasteiger partial charge >= 0.3 is 5.97 Å². The predicted octanol–water partition coefficient (Wildman–Crippen LogP) is 4.08. The van der Waals surface area contributed by atoms with Crippen molar-refractivity contribution in [1.29, 1.82) is 0 Å². The number of benzene rings is 1. The minimum atomic E-state index is -0.951. The van der Waals surface area contributed by atoms with Crippen LogP contribution in [0.3, 0.4) is 0 Å². The SMILES string of the molecule is COc1ccc2c(c1)C(/C=C/C(C)=C/C(=O)O)=CC(C)(C)CO2. The van der Waals surface area contributed by atoms with Crippen molar-refractivity contribution in [3.63, 3.8) is 0 Å². The first-order valence-electron chi connectivity index (χ1n) is 7.44. The standard InChI is InChI=1S/C19H22O4/c1-13(9-18(20)21)5-6-14-11-19(2,3)12-23-17-8-7-15(22-4)10-16(14)17/h5-11H,12H2,1-4H3,(H,20,21)/b6-5+,13-9+. The molecule has 2 rings (SSSR count). The van der Waals surface area contributed by atoms with Gasteiger partial charge in [0.05, 0.1) is 13.7 Å². The molecule has 1 aliphatic heterocycles. The lowest BCUT2D eigenvalue weighted by molar-refractivity contribution is -0.131. The molecule has 0 fully saturated rings. The van der Waals surface area contributed by atoms with Gasteiger partial charge in [0, 0.05) is 17.1 Å². The highest BCUT2D eigenvalue weighted by atomic mass is 16.5. The van der Waals surface area contributed by atoms with Gasteiger partial charge in [-0.25, -0.2) is 4.79 Å². The Morgan fingerprint density at radius 1 is 1.39 bits per heavy atom. The number of hydrogen-bond donors (Lipinski definition) is 1. The summed E-state index contributed by atoms with van der Waals surface area (Å²) in [5.74, 6) is 0.601. The quantitative estimate of drug-likeness (QED) is 0.672. The summed E-state index contributed by atoms with van der Waals surface area (Å²) in [7, 11) is 1.63. The van der Waals surface area contributed by atoms with Gasteiger partial charge in [-0.1, -0.05) is 32.1 Å². The summed E-state index contributed by atoms with van der Waals surface area (Å²) >= 11 is 0. The molecule has 0 saturated heterocycles. The molecule has 0 aliphatic carbocycles. The highest BCUT2D eigenvalue weighted by Gasteiger charge is 2.23. The zero-order valence-electron chi connectivity index (χ0n) is 13.9. The van der Waals surface area contributed by atoms with E-state index in [1.165, 1.54) is 6.08 Å². The number of carboxylic acids is 1. The lowest BCUT2D eigenvalue weighted by Gasteiger charge is -2.18. The smallest absolute Gasteiger partial charge is 0.328 e. The third kappa shape index (κ3) is 4.49.